The fraction of sp³-hybridized carbons (Fsp3) is 0.600. The highest BCUT2D eigenvalue weighted by Crippen LogP contribution is 2.34. The summed E-state index contributed by atoms with van der Waals surface area (Å²) in [5, 5.41) is 4.87. The molecule has 2 rings (SSSR count). The molecule has 20 heavy (non-hydrogen) atoms. The van der Waals surface area contributed by atoms with Gasteiger partial charge in [-0.25, -0.2) is 4.39 Å². The van der Waals surface area contributed by atoms with E-state index in [9.17, 15) is 4.39 Å². The zero-order valence-corrected chi connectivity index (χ0v) is 14.3. The van der Waals surface area contributed by atoms with Crippen molar-refractivity contribution in [3.63, 3.8) is 0 Å². The number of likely N-dealkylation sites (N-methyl/N-ethyl adjacent to an activating group) is 1. The molecule has 3 atom stereocenters. The molecule has 1 saturated heterocycles. The number of benzene rings is 1. The number of hydrogen-bond donors (Lipinski definition) is 1. The molecule has 0 aromatic heterocycles. The maximum absolute atomic E-state index is 14.1. The highest BCUT2D eigenvalue weighted by atomic mass is 35.5. The van der Waals surface area contributed by atoms with E-state index in [2.05, 4.69) is 19.2 Å². The molecule has 1 aliphatic heterocycles. The summed E-state index contributed by atoms with van der Waals surface area (Å²) in [6, 6.07) is 5.57. The molecule has 1 fully saturated rings. The van der Waals surface area contributed by atoms with Crippen molar-refractivity contribution in [2.24, 2.45) is 0 Å². The van der Waals surface area contributed by atoms with Crippen LogP contribution in [0.4, 0.5) is 4.39 Å². The quantitative estimate of drug-likeness (QED) is 0.865. The van der Waals surface area contributed by atoms with Crippen LogP contribution in [0.1, 0.15) is 19.4 Å². The predicted molar refractivity (Wildman–Crippen MR) is 90.7 cm³/mol. The van der Waals surface area contributed by atoms with E-state index in [0.717, 1.165) is 6.54 Å². The molecule has 0 amide bonds. The van der Waals surface area contributed by atoms with E-state index in [-0.39, 0.29) is 10.8 Å². The van der Waals surface area contributed by atoms with Crippen LogP contribution in [0.3, 0.4) is 0 Å². The molecule has 5 heteroatoms. The average molecular weight is 334 g/mol. The number of hydrogen-bond acceptors (Lipinski definition) is 3. The van der Waals surface area contributed by atoms with Crippen molar-refractivity contribution in [1.82, 2.24) is 5.32 Å². The molecule has 112 valence electrons. The summed E-state index contributed by atoms with van der Waals surface area (Å²) < 4.78 is 14.1. The molecule has 0 radical (unpaired) electrons. The second-order valence-electron chi connectivity index (χ2n) is 4.99. The van der Waals surface area contributed by atoms with E-state index in [1.54, 1.807) is 6.07 Å². The Morgan fingerprint density at radius 2 is 2.15 bits per heavy atom. The van der Waals surface area contributed by atoms with Crippen LogP contribution < -0.4 is 5.32 Å². The number of halogens is 2. The summed E-state index contributed by atoms with van der Waals surface area (Å²) in [7, 11) is 0. The van der Waals surface area contributed by atoms with Gasteiger partial charge in [-0.05, 0) is 24.6 Å². The smallest absolute Gasteiger partial charge is 0.145 e. The molecule has 0 bridgehead atoms. The number of rotatable bonds is 5. The minimum Gasteiger partial charge on any atom is -0.313 e. The van der Waals surface area contributed by atoms with E-state index >= 15 is 0 Å². The van der Waals surface area contributed by atoms with Gasteiger partial charge >= 0.3 is 0 Å². The second-order valence-corrected chi connectivity index (χ2v) is 8.17. The van der Waals surface area contributed by atoms with E-state index < -0.39 is 0 Å². The van der Waals surface area contributed by atoms with Crippen LogP contribution >= 0.6 is 35.1 Å². The minimum atomic E-state index is -0.266. The molecule has 0 saturated carbocycles. The van der Waals surface area contributed by atoms with Crippen LogP contribution in [-0.4, -0.2) is 34.6 Å². The van der Waals surface area contributed by atoms with Crippen LogP contribution in [-0.2, 0) is 6.42 Å². The van der Waals surface area contributed by atoms with E-state index in [0.29, 0.717) is 28.5 Å². The average Bonchev–Trinajstić information content (AvgIpc) is 2.44. The molecular formula is C15H21ClFNS2. The van der Waals surface area contributed by atoms with Crippen molar-refractivity contribution >= 4 is 35.1 Å². The first-order valence-corrected chi connectivity index (χ1v) is 9.50. The van der Waals surface area contributed by atoms with Gasteiger partial charge in [0.2, 0.25) is 0 Å². The highest BCUT2D eigenvalue weighted by molar-refractivity contribution is 8.07. The maximum atomic E-state index is 14.1. The molecule has 0 aliphatic carbocycles. The third-order valence-electron chi connectivity index (χ3n) is 3.57. The molecule has 3 unspecified atom stereocenters. The Balaban J connectivity index is 2.14. The van der Waals surface area contributed by atoms with Crippen LogP contribution in [0.15, 0.2) is 18.2 Å². The predicted octanol–water partition coefficient (Wildman–Crippen LogP) is 4.24. The third kappa shape index (κ3) is 4.06. The van der Waals surface area contributed by atoms with Gasteiger partial charge in [-0.2, -0.15) is 23.5 Å². The largest absolute Gasteiger partial charge is 0.313 e. The Bertz CT molecular complexity index is 444. The van der Waals surface area contributed by atoms with Gasteiger partial charge in [0.25, 0.3) is 0 Å². The van der Waals surface area contributed by atoms with Crippen LogP contribution in [0, 0.1) is 5.82 Å². The van der Waals surface area contributed by atoms with Crippen molar-refractivity contribution in [3.05, 3.63) is 34.6 Å². The Hall–Kier alpha value is 0.1000. The molecular weight excluding hydrogens is 313 g/mol. The first kappa shape index (κ1) is 16.5. The van der Waals surface area contributed by atoms with E-state index in [1.807, 2.05) is 35.7 Å². The van der Waals surface area contributed by atoms with Gasteiger partial charge < -0.3 is 5.32 Å². The molecule has 1 N–H and O–H groups in total. The van der Waals surface area contributed by atoms with Crippen LogP contribution in [0.5, 0.6) is 0 Å². The SMILES string of the molecule is CCNC(Cc1cccc(Cl)c1F)C1SCCSC1C. The fourth-order valence-electron chi connectivity index (χ4n) is 2.60. The lowest BCUT2D eigenvalue weighted by Gasteiger charge is -2.35. The fourth-order valence-corrected chi connectivity index (χ4v) is 5.76. The summed E-state index contributed by atoms with van der Waals surface area (Å²) in [4.78, 5) is 0. The van der Waals surface area contributed by atoms with Gasteiger partial charge in [-0.1, -0.05) is 37.6 Å². The third-order valence-corrected chi connectivity index (χ3v) is 7.11. The summed E-state index contributed by atoms with van der Waals surface area (Å²) >= 11 is 9.91. The molecule has 1 nitrogen and oxygen atoms in total. The van der Waals surface area contributed by atoms with Crippen molar-refractivity contribution in [2.45, 2.75) is 36.8 Å². The first-order chi connectivity index (χ1) is 9.63. The lowest BCUT2D eigenvalue weighted by molar-refractivity contribution is 0.488. The molecule has 1 aliphatic rings. The van der Waals surface area contributed by atoms with E-state index in [4.69, 9.17) is 11.6 Å². The number of thioether (sulfide) groups is 2. The van der Waals surface area contributed by atoms with Crippen LogP contribution in [0.25, 0.3) is 0 Å². The summed E-state index contributed by atoms with van der Waals surface area (Å²) in [5.74, 6) is 2.13. The highest BCUT2D eigenvalue weighted by Gasteiger charge is 2.30. The zero-order chi connectivity index (χ0) is 14.5. The van der Waals surface area contributed by atoms with Crippen LogP contribution in [0.2, 0.25) is 5.02 Å². The van der Waals surface area contributed by atoms with Crippen molar-refractivity contribution < 1.29 is 4.39 Å². The summed E-state index contributed by atoms with van der Waals surface area (Å²) in [6.45, 7) is 5.29. The summed E-state index contributed by atoms with van der Waals surface area (Å²) in [6.07, 6.45) is 0.697. The first-order valence-electron chi connectivity index (χ1n) is 7.03. The standard InChI is InChI=1S/C15H21ClFNS2/c1-3-18-13(15-10(2)19-7-8-20-15)9-11-5-4-6-12(16)14(11)17/h4-6,10,13,15,18H,3,7-9H2,1-2H3. The molecule has 0 spiro atoms. The Morgan fingerprint density at radius 1 is 1.40 bits per heavy atom. The monoisotopic (exact) mass is 333 g/mol. The molecule has 1 aromatic rings. The maximum Gasteiger partial charge on any atom is 0.145 e. The lowest BCUT2D eigenvalue weighted by Crippen LogP contribution is -2.45. The second kappa shape index (κ2) is 7.92. The van der Waals surface area contributed by atoms with Gasteiger partial charge in [-0.15, -0.1) is 0 Å². The Morgan fingerprint density at radius 3 is 2.85 bits per heavy atom. The van der Waals surface area contributed by atoms with Gasteiger partial charge in [0.15, 0.2) is 0 Å². The number of nitrogens with one attached hydrogen (secondary N) is 1. The van der Waals surface area contributed by atoms with Crippen molar-refractivity contribution in [3.8, 4) is 0 Å². The Labute approximate surface area is 134 Å². The molecule has 1 aromatic carbocycles. The normalized spacial score (nSPS) is 24.6. The lowest BCUT2D eigenvalue weighted by atomic mass is 10.0. The van der Waals surface area contributed by atoms with E-state index in [1.165, 1.54) is 11.5 Å². The Kier molecular flexibility index (Phi) is 6.53. The summed E-state index contributed by atoms with van der Waals surface area (Å²) in [5.41, 5.74) is 0.715. The topological polar surface area (TPSA) is 12.0 Å². The van der Waals surface area contributed by atoms with Gasteiger partial charge in [-0.3, -0.25) is 0 Å². The van der Waals surface area contributed by atoms with Gasteiger partial charge in [0.1, 0.15) is 5.82 Å². The molecule has 1 heterocycles. The van der Waals surface area contributed by atoms with Crippen molar-refractivity contribution in [2.75, 3.05) is 18.1 Å². The van der Waals surface area contributed by atoms with Gasteiger partial charge in [0.05, 0.1) is 5.02 Å². The van der Waals surface area contributed by atoms with Crippen molar-refractivity contribution in [1.29, 1.82) is 0 Å². The zero-order valence-electron chi connectivity index (χ0n) is 11.9. The minimum absolute atomic E-state index is 0.219. The van der Waals surface area contributed by atoms with Gasteiger partial charge in [0, 0.05) is 28.0 Å².